The Kier molecular flexibility index (Phi) is 3.66. The summed E-state index contributed by atoms with van der Waals surface area (Å²) in [6, 6.07) is 12.2. The number of hydrogen-bond acceptors (Lipinski definition) is 4. The maximum atomic E-state index is 12.1. The minimum absolute atomic E-state index is 0.00332. The Labute approximate surface area is 127 Å². The van der Waals surface area contributed by atoms with E-state index in [1.165, 1.54) is 25.5 Å². The van der Waals surface area contributed by atoms with Crippen molar-refractivity contribution in [1.29, 1.82) is 0 Å². The van der Waals surface area contributed by atoms with Crippen molar-refractivity contribution in [2.45, 2.75) is 0 Å². The number of aromatic hydroxyl groups is 1. The van der Waals surface area contributed by atoms with Crippen molar-refractivity contribution in [3.05, 3.63) is 65.9 Å². The first-order chi connectivity index (χ1) is 10.7. The zero-order chi connectivity index (χ0) is 15.5. The number of fused-ring (bicyclic) bond motifs is 1. The number of phenols is 1. The largest absolute Gasteiger partial charge is 0.507 e. The van der Waals surface area contributed by atoms with Crippen LogP contribution in [-0.2, 0) is 0 Å². The lowest BCUT2D eigenvalue weighted by atomic mass is 10.1. The van der Waals surface area contributed by atoms with E-state index in [0.29, 0.717) is 22.5 Å². The first-order valence-electron chi connectivity index (χ1n) is 6.75. The van der Waals surface area contributed by atoms with E-state index in [2.05, 4.69) is 0 Å². The first kappa shape index (κ1) is 13.9. The summed E-state index contributed by atoms with van der Waals surface area (Å²) >= 11 is 0. The van der Waals surface area contributed by atoms with Gasteiger partial charge >= 0.3 is 0 Å². The summed E-state index contributed by atoms with van der Waals surface area (Å²) in [4.78, 5) is 12.1. The van der Waals surface area contributed by atoms with Gasteiger partial charge in [0.15, 0.2) is 5.78 Å². The fraction of sp³-hybridized carbons (Fsp3) is 0.0556. The molecule has 0 aliphatic carbocycles. The molecule has 0 aliphatic heterocycles. The van der Waals surface area contributed by atoms with E-state index in [-0.39, 0.29) is 11.5 Å². The molecule has 0 fully saturated rings. The van der Waals surface area contributed by atoms with Crippen LogP contribution >= 0.6 is 0 Å². The summed E-state index contributed by atoms with van der Waals surface area (Å²) in [5.41, 5.74) is 1.56. The van der Waals surface area contributed by atoms with Crippen molar-refractivity contribution in [3.8, 4) is 11.5 Å². The molecule has 0 radical (unpaired) electrons. The van der Waals surface area contributed by atoms with Crippen LogP contribution in [0, 0.1) is 0 Å². The van der Waals surface area contributed by atoms with Gasteiger partial charge in [0.25, 0.3) is 0 Å². The van der Waals surface area contributed by atoms with Gasteiger partial charge in [0, 0.05) is 11.6 Å². The maximum absolute atomic E-state index is 12.1. The third kappa shape index (κ3) is 2.46. The second-order valence-electron chi connectivity index (χ2n) is 4.74. The number of phenolic OH excluding ortho intramolecular Hbond substituents is 1. The van der Waals surface area contributed by atoms with Crippen molar-refractivity contribution in [2.75, 3.05) is 7.11 Å². The van der Waals surface area contributed by atoms with Crippen LogP contribution in [0.2, 0.25) is 0 Å². The molecular weight excluding hydrogens is 280 g/mol. The molecule has 0 saturated heterocycles. The number of methoxy groups -OCH3 is 1. The molecule has 1 heterocycles. The highest BCUT2D eigenvalue weighted by Gasteiger charge is 2.14. The molecule has 1 N–H and O–H groups in total. The summed E-state index contributed by atoms with van der Waals surface area (Å²) in [5, 5.41) is 10.9. The number of carbonyl (C=O) groups excluding carboxylic acids is 1. The molecule has 4 heteroatoms. The zero-order valence-electron chi connectivity index (χ0n) is 11.9. The molecule has 0 spiro atoms. The summed E-state index contributed by atoms with van der Waals surface area (Å²) in [7, 11) is 1.51. The molecule has 3 aromatic rings. The van der Waals surface area contributed by atoms with Crippen LogP contribution in [0.15, 0.2) is 59.2 Å². The van der Waals surface area contributed by atoms with Crippen molar-refractivity contribution >= 4 is 22.8 Å². The molecule has 0 unspecified atom stereocenters. The van der Waals surface area contributed by atoms with Gasteiger partial charge in [0.1, 0.15) is 17.1 Å². The molecule has 3 rings (SSSR count). The first-order valence-corrected chi connectivity index (χ1v) is 6.75. The van der Waals surface area contributed by atoms with E-state index in [9.17, 15) is 9.90 Å². The number of allylic oxidation sites excluding steroid dienone is 1. The van der Waals surface area contributed by atoms with Crippen molar-refractivity contribution in [3.63, 3.8) is 0 Å². The Bertz CT molecular complexity index is 844. The van der Waals surface area contributed by atoms with Crippen LogP contribution in [0.25, 0.3) is 17.0 Å². The van der Waals surface area contributed by atoms with Gasteiger partial charge in [-0.15, -0.1) is 0 Å². The van der Waals surface area contributed by atoms with Crippen LogP contribution in [0.4, 0.5) is 0 Å². The maximum Gasteiger partial charge on any atom is 0.185 e. The number of furan rings is 1. The Hall–Kier alpha value is -3.01. The molecule has 0 saturated carbocycles. The molecule has 0 aliphatic rings. The van der Waals surface area contributed by atoms with Crippen LogP contribution < -0.4 is 4.74 Å². The standard InChI is InChI=1S/C18H14O4/c1-21-18-13(16(20)11-17-14(18)9-10-22-17)7-8-15(19)12-5-3-2-4-6-12/h2-11,20H,1H3/b8-7+. The van der Waals surface area contributed by atoms with Crippen LogP contribution in [0.5, 0.6) is 11.5 Å². The number of hydrogen-bond donors (Lipinski definition) is 1. The zero-order valence-corrected chi connectivity index (χ0v) is 11.9. The lowest BCUT2D eigenvalue weighted by Gasteiger charge is -2.08. The third-order valence-electron chi connectivity index (χ3n) is 3.39. The molecule has 110 valence electrons. The number of ether oxygens (including phenoxy) is 1. The quantitative estimate of drug-likeness (QED) is 0.582. The fourth-order valence-electron chi connectivity index (χ4n) is 2.32. The Morgan fingerprint density at radius 3 is 2.73 bits per heavy atom. The van der Waals surface area contributed by atoms with E-state index in [4.69, 9.17) is 9.15 Å². The SMILES string of the molecule is COc1c(/C=C/C(=O)c2ccccc2)c(O)cc2occc12. The van der Waals surface area contributed by atoms with Crippen molar-refractivity contribution < 1.29 is 19.1 Å². The number of rotatable bonds is 4. The number of ketones is 1. The second kappa shape index (κ2) is 5.77. The predicted molar refractivity (Wildman–Crippen MR) is 84.2 cm³/mol. The lowest BCUT2D eigenvalue weighted by molar-refractivity contribution is 0.104. The fourth-order valence-corrected chi connectivity index (χ4v) is 2.32. The Morgan fingerprint density at radius 1 is 1.23 bits per heavy atom. The van der Waals surface area contributed by atoms with E-state index in [1.54, 1.807) is 36.4 Å². The van der Waals surface area contributed by atoms with E-state index in [1.807, 2.05) is 6.07 Å². The summed E-state index contributed by atoms with van der Waals surface area (Å²) in [6.45, 7) is 0. The van der Waals surface area contributed by atoms with E-state index < -0.39 is 0 Å². The van der Waals surface area contributed by atoms with Gasteiger partial charge in [-0.25, -0.2) is 0 Å². The molecule has 0 atom stereocenters. The van der Waals surface area contributed by atoms with Crippen molar-refractivity contribution in [2.24, 2.45) is 0 Å². The molecule has 22 heavy (non-hydrogen) atoms. The molecule has 4 nitrogen and oxygen atoms in total. The molecular formula is C18H14O4. The van der Waals surface area contributed by atoms with Crippen LogP contribution in [-0.4, -0.2) is 18.0 Å². The lowest BCUT2D eigenvalue weighted by Crippen LogP contribution is -1.94. The van der Waals surface area contributed by atoms with E-state index in [0.717, 1.165) is 5.39 Å². The average Bonchev–Trinajstić information content (AvgIpc) is 3.00. The number of carbonyl (C=O) groups is 1. The molecule has 0 amide bonds. The predicted octanol–water partition coefficient (Wildman–Crippen LogP) is 4.04. The van der Waals surface area contributed by atoms with Crippen LogP contribution in [0.1, 0.15) is 15.9 Å². The highest BCUT2D eigenvalue weighted by molar-refractivity contribution is 6.07. The van der Waals surface area contributed by atoms with Gasteiger partial charge in [-0.1, -0.05) is 30.3 Å². The smallest absolute Gasteiger partial charge is 0.185 e. The highest BCUT2D eigenvalue weighted by atomic mass is 16.5. The third-order valence-corrected chi connectivity index (χ3v) is 3.39. The van der Waals surface area contributed by atoms with Gasteiger partial charge in [0.05, 0.1) is 24.3 Å². The summed E-state index contributed by atoms with van der Waals surface area (Å²) in [5.74, 6) is 0.326. The average molecular weight is 294 g/mol. The Balaban J connectivity index is 2.01. The van der Waals surface area contributed by atoms with Gasteiger partial charge < -0.3 is 14.3 Å². The number of benzene rings is 2. The van der Waals surface area contributed by atoms with Gasteiger partial charge in [0.2, 0.25) is 0 Å². The molecule has 1 aromatic heterocycles. The van der Waals surface area contributed by atoms with Crippen molar-refractivity contribution in [1.82, 2.24) is 0 Å². The van der Waals surface area contributed by atoms with E-state index >= 15 is 0 Å². The Morgan fingerprint density at radius 2 is 2.00 bits per heavy atom. The highest BCUT2D eigenvalue weighted by Crippen LogP contribution is 2.37. The monoisotopic (exact) mass is 294 g/mol. The minimum atomic E-state index is -0.144. The van der Waals surface area contributed by atoms with Crippen LogP contribution in [0.3, 0.4) is 0 Å². The molecule has 2 aromatic carbocycles. The topological polar surface area (TPSA) is 59.7 Å². The molecule has 0 bridgehead atoms. The van der Waals surface area contributed by atoms with Gasteiger partial charge in [-0.2, -0.15) is 0 Å². The van der Waals surface area contributed by atoms with Gasteiger partial charge in [-0.3, -0.25) is 4.79 Å². The normalized spacial score (nSPS) is 11.1. The minimum Gasteiger partial charge on any atom is -0.507 e. The van der Waals surface area contributed by atoms with Gasteiger partial charge in [-0.05, 0) is 18.2 Å². The summed E-state index contributed by atoms with van der Waals surface area (Å²) in [6.07, 6.45) is 4.49. The summed E-state index contributed by atoms with van der Waals surface area (Å²) < 4.78 is 10.6. The second-order valence-corrected chi connectivity index (χ2v) is 4.74.